The molecule has 0 unspecified atom stereocenters. The minimum Gasteiger partial charge on any atom is -0.255 e. The Kier molecular flexibility index (Phi) is 2.65. The van der Waals surface area contributed by atoms with Crippen LogP contribution in [0, 0.1) is 0 Å². The van der Waals surface area contributed by atoms with Gasteiger partial charge in [-0.3, -0.25) is 4.98 Å². The fraction of sp³-hybridized carbons (Fsp3) is 0.182. The van der Waals surface area contributed by atoms with E-state index >= 15 is 0 Å². The zero-order valence-electron chi connectivity index (χ0n) is 9.08. The summed E-state index contributed by atoms with van der Waals surface area (Å²) in [6.07, 6.45) is 1.39. The summed E-state index contributed by atoms with van der Waals surface area (Å²) in [5.41, 5.74) is 0.792. The molecule has 16 heavy (non-hydrogen) atoms. The maximum absolute atomic E-state index is 11.9. The molecule has 0 aliphatic rings. The first-order chi connectivity index (χ1) is 7.51. The Morgan fingerprint density at radius 2 is 1.88 bits per heavy atom. The molecule has 0 fully saturated rings. The molecular weight excluding hydrogens is 224 g/mol. The highest BCUT2D eigenvalue weighted by atomic mass is 32.2. The molecule has 0 bridgehead atoms. The molecule has 84 valence electrons. The van der Waals surface area contributed by atoms with Crippen molar-refractivity contribution in [1.82, 2.24) is 9.29 Å². The predicted octanol–water partition coefficient (Wildman–Crippen LogP) is 1.49. The third-order valence-corrected chi connectivity index (χ3v) is 4.12. The van der Waals surface area contributed by atoms with Gasteiger partial charge in [0.05, 0.1) is 5.52 Å². The van der Waals surface area contributed by atoms with Crippen molar-refractivity contribution < 1.29 is 8.42 Å². The molecule has 0 amide bonds. The summed E-state index contributed by atoms with van der Waals surface area (Å²) >= 11 is 0. The van der Waals surface area contributed by atoms with Crippen LogP contribution in [-0.4, -0.2) is 31.8 Å². The molecule has 0 saturated carbocycles. The number of aromatic nitrogens is 1. The molecule has 0 atom stereocenters. The number of para-hydroxylation sites is 1. The Labute approximate surface area is 94.6 Å². The van der Waals surface area contributed by atoms with Gasteiger partial charge in [0.1, 0.15) is 4.90 Å². The molecule has 2 aromatic rings. The zero-order valence-corrected chi connectivity index (χ0v) is 9.90. The molecule has 0 aliphatic carbocycles. The van der Waals surface area contributed by atoms with Gasteiger partial charge in [-0.25, -0.2) is 12.7 Å². The third-order valence-electron chi connectivity index (χ3n) is 2.34. The summed E-state index contributed by atoms with van der Waals surface area (Å²) < 4.78 is 24.9. The average molecular weight is 236 g/mol. The maximum Gasteiger partial charge on any atom is 0.244 e. The van der Waals surface area contributed by atoms with Crippen LogP contribution < -0.4 is 0 Å². The van der Waals surface area contributed by atoms with Gasteiger partial charge < -0.3 is 0 Å². The van der Waals surface area contributed by atoms with E-state index in [9.17, 15) is 8.42 Å². The van der Waals surface area contributed by atoms with Crippen molar-refractivity contribution in [1.29, 1.82) is 0 Å². The van der Waals surface area contributed by atoms with E-state index in [1.807, 2.05) is 24.3 Å². The summed E-state index contributed by atoms with van der Waals surface area (Å²) in [5.74, 6) is 0. The van der Waals surface area contributed by atoms with Crippen molar-refractivity contribution in [2.45, 2.75) is 4.90 Å². The summed E-state index contributed by atoms with van der Waals surface area (Å²) in [7, 11) is -0.389. The summed E-state index contributed by atoms with van der Waals surface area (Å²) in [6, 6.07) is 9.06. The van der Waals surface area contributed by atoms with Crippen LogP contribution >= 0.6 is 0 Å². The fourth-order valence-corrected chi connectivity index (χ4v) is 2.29. The van der Waals surface area contributed by atoms with Crippen LogP contribution in [0.5, 0.6) is 0 Å². The topological polar surface area (TPSA) is 50.3 Å². The van der Waals surface area contributed by atoms with Gasteiger partial charge in [-0.2, -0.15) is 0 Å². The number of hydrogen-bond acceptors (Lipinski definition) is 3. The van der Waals surface area contributed by atoms with Crippen LogP contribution in [0.15, 0.2) is 41.4 Å². The predicted molar refractivity (Wildman–Crippen MR) is 62.6 cm³/mol. The lowest BCUT2D eigenvalue weighted by molar-refractivity contribution is 0.520. The average Bonchev–Trinajstić information content (AvgIpc) is 2.28. The van der Waals surface area contributed by atoms with Crippen LogP contribution in [0.2, 0.25) is 0 Å². The van der Waals surface area contributed by atoms with Crippen molar-refractivity contribution in [2.75, 3.05) is 14.1 Å². The van der Waals surface area contributed by atoms with E-state index in [-0.39, 0.29) is 4.90 Å². The standard InChI is InChI=1S/C11H12N2O2S/c1-13(2)16(14,15)10-7-9-5-3-4-6-11(9)12-8-10/h3-8H,1-2H3. The summed E-state index contributed by atoms with van der Waals surface area (Å²) in [4.78, 5) is 4.34. The summed E-state index contributed by atoms with van der Waals surface area (Å²) in [5, 5.41) is 0.824. The Morgan fingerprint density at radius 1 is 1.19 bits per heavy atom. The number of sulfonamides is 1. The highest BCUT2D eigenvalue weighted by molar-refractivity contribution is 7.89. The lowest BCUT2D eigenvalue weighted by Crippen LogP contribution is -2.22. The SMILES string of the molecule is CN(C)S(=O)(=O)c1cnc2ccccc2c1. The molecule has 1 aromatic carbocycles. The van der Waals surface area contributed by atoms with Gasteiger partial charge >= 0.3 is 0 Å². The van der Waals surface area contributed by atoms with E-state index < -0.39 is 10.0 Å². The van der Waals surface area contributed by atoms with Gasteiger partial charge in [0.2, 0.25) is 10.0 Å². The van der Waals surface area contributed by atoms with Crippen LogP contribution in [-0.2, 0) is 10.0 Å². The highest BCUT2D eigenvalue weighted by Crippen LogP contribution is 2.18. The number of fused-ring (bicyclic) bond motifs is 1. The largest absolute Gasteiger partial charge is 0.255 e. The first kappa shape index (κ1) is 11.0. The van der Waals surface area contributed by atoms with Gasteiger partial charge in [0.25, 0.3) is 0 Å². The summed E-state index contributed by atoms with van der Waals surface area (Å²) in [6.45, 7) is 0. The number of benzene rings is 1. The second-order valence-electron chi connectivity index (χ2n) is 3.65. The van der Waals surface area contributed by atoms with Gasteiger partial charge in [-0.15, -0.1) is 0 Å². The van der Waals surface area contributed by atoms with E-state index in [4.69, 9.17) is 0 Å². The van der Waals surface area contributed by atoms with Gasteiger partial charge in [-0.1, -0.05) is 18.2 Å². The second kappa shape index (κ2) is 3.84. The second-order valence-corrected chi connectivity index (χ2v) is 5.80. The molecule has 2 rings (SSSR count). The minimum atomic E-state index is -3.40. The van der Waals surface area contributed by atoms with Crippen LogP contribution in [0.4, 0.5) is 0 Å². The van der Waals surface area contributed by atoms with Crippen molar-refractivity contribution >= 4 is 20.9 Å². The van der Waals surface area contributed by atoms with E-state index in [1.165, 1.54) is 24.6 Å². The van der Waals surface area contributed by atoms with Crippen LogP contribution in [0.1, 0.15) is 0 Å². The quantitative estimate of drug-likeness (QED) is 0.793. The molecule has 0 saturated heterocycles. The van der Waals surface area contributed by atoms with Crippen LogP contribution in [0.25, 0.3) is 10.9 Å². The normalized spacial score (nSPS) is 12.2. The van der Waals surface area contributed by atoms with E-state index in [0.29, 0.717) is 0 Å². The Hall–Kier alpha value is -1.46. The Balaban J connectivity index is 2.65. The van der Waals surface area contributed by atoms with E-state index in [2.05, 4.69) is 4.98 Å². The molecule has 0 radical (unpaired) electrons. The van der Waals surface area contributed by atoms with Crippen molar-refractivity contribution in [3.05, 3.63) is 36.5 Å². The number of nitrogens with zero attached hydrogens (tertiary/aromatic N) is 2. The molecule has 0 spiro atoms. The third kappa shape index (κ3) is 1.79. The Morgan fingerprint density at radius 3 is 2.56 bits per heavy atom. The van der Waals surface area contributed by atoms with Gasteiger partial charge in [-0.05, 0) is 12.1 Å². The molecule has 1 aromatic heterocycles. The van der Waals surface area contributed by atoms with Crippen molar-refractivity contribution in [3.63, 3.8) is 0 Å². The maximum atomic E-state index is 11.9. The first-order valence-corrected chi connectivity index (χ1v) is 6.23. The molecule has 1 heterocycles. The molecule has 5 heteroatoms. The molecule has 4 nitrogen and oxygen atoms in total. The number of pyridine rings is 1. The van der Waals surface area contributed by atoms with Crippen LogP contribution in [0.3, 0.4) is 0 Å². The number of hydrogen-bond donors (Lipinski definition) is 0. The fourth-order valence-electron chi connectivity index (χ4n) is 1.40. The highest BCUT2D eigenvalue weighted by Gasteiger charge is 2.17. The Bertz CT molecular complexity index is 621. The monoisotopic (exact) mass is 236 g/mol. The van der Waals surface area contributed by atoms with E-state index in [0.717, 1.165) is 10.9 Å². The first-order valence-electron chi connectivity index (χ1n) is 4.79. The van der Waals surface area contributed by atoms with E-state index in [1.54, 1.807) is 6.07 Å². The van der Waals surface area contributed by atoms with Crippen molar-refractivity contribution in [3.8, 4) is 0 Å². The number of rotatable bonds is 2. The lowest BCUT2D eigenvalue weighted by atomic mass is 10.2. The molecular formula is C11H12N2O2S. The minimum absolute atomic E-state index is 0.219. The van der Waals surface area contributed by atoms with Gasteiger partial charge in [0, 0.05) is 25.7 Å². The smallest absolute Gasteiger partial charge is 0.244 e. The van der Waals surface area contributed by atoms with Gasteiger partial charge in [0.15, 0.2) is 0 Å². The zero-order chi connectivity index (χ0) is 11.8. The molecule has 0 aliphatic heterocycles. The van der Waals surface area contributed by atoms with Crippen molar-refractivity contribution in [2.24, 2.45) is 0 Å². The molecule has 0 N–H and O–H groups in total. The lowest BCUT2D eigenvalue weighted by Gasteiger charge is -2.11.